The van der Waals surface area contributed by atoms with Crippen molar-refractivity contribution in [3.8, 4) is 0 Å². The van der Waals surface area contributed by atoms with Crippen LogP contribution in [-0.4, -0.2) is 36.5 Å². The molecule has 0 saturated carbocycles. The molecule has 0 bridgehead atoms. The van der Waals surface area contributed by atoms with Gasteiger partial charge in [0.25, 0.3) is 0 Å². The lowest BCUT2D eigenvalue weighted by Crippen LogP contribution is -2.45. The van der Waals surface area contributed by atoms with E-state index in [-0.39, 0.29) is 11.8 Å². The van der Waals surface area contributed by atoms with Crippen molar-refractivity contribution < 1.29 is 4.79 Å². The minimum atomic E-state index is 0.0700. The largest absolute Gasteiger partial charge is 0.353 e. The maximum Gasteiger partial charge on any atom is 0.222 e. The van der Waals surface area contributed by atoms with Crippen molar-refractivity contribution >= 4 is 17.5 Å². The van der Waals surface area contributed by atoms with Crippen molar-refractivity contribution in [3.63, 3.8) is 0 Å². The first-order valence-electron chi connectivity index (χ1n) is 5.85. The molecule has 0 aromatic heterocycles. The lowest BCUT2D eigenvalue weighted by Gasteiger charge is -2.32. The molecule has 1 heterocycles. The molecule has 1 aliphatic rings. The number of hydrogen-bond acceptors (Lipinski definition) is 2. The van der Waals surface area contributed by atoms with E-state index in [1.54, 1.807) is 0 Å². The number of amides is 1. The van der Waals surface area contributed by atoms with Gasteiger partial charge in [-0.25, -0.2) is 0 Å². The quantitative estimate of drug-likeness (QED) is 0.820. The van der Waals surface area contributed by atoms with Crippen molar-refractivity contribution in [2.24, 2.45) is 5.92 Å². The van der Waals surface area contributed by atoms with E-state index in [1.165, 1.54) is 0 Å². The summed E-state index contributed by atoms with van der Waals surface area (Å²) in [5, 5.41) is 3.76. The molecule has 1 aliphatic heterocycles. The highest BCUT2D eigenvalue weighted by Crippen LogP contribution is 2.13. The average Bonchev–Trinajstić information content (AvgIpc) is 2.20. The molecule has 0 unspecified atom stereocenters. The summed E-state index contributed by atoms with van der Waals surface area (Å²) in [5.41, 5.74) is 0. The summed E-state index contributed by atoms with van der Waals surface area (Å²) in [6.45, 7) is 10.2. The molecule has 0 aromatic carbocycles. The Morgan fingerprint density at radius 1 is 1.50 bits per heavy atom. The van der Waals surface area contributed by atoms with E-state index in [0.717, 1.165) is 32.5 Å². The second kappa shape index (κ2) is 6.26. The second-order valence-electron chi connectivity index (χ2n) is 4.73. The van der Waals surface area contributed by atoms with Crippen LogP contribution in [0.25, 0.3) is 0 Å². The predicted octanol–water partition coefficient (Wildman–Crippen LogP) is 1.98. The average molecular weight is 245 g/mol. The van der Waals surface area contributed by atoms with Gasteiger partial charge >= 0.3 is 0 Å². The minimum absolute atomic E-state index is 0.0700. The molecule has 0 spiro atoms. The van der Waals surface area contributed by atoms with Gasteiger partial charge in [-0.3, -0.25) is 9.69 Å². The molecule has 1 amide bonds. The first kappa shape index (κ1) is 13.5. The van der Waals surface area contributed by atoms with Gasteiger partial charge in [-0.1, -0.05) is 32.0 Å². The first-order valence-corrected chi connectivity index (χ1v) is 6.23. The highest BCUT2D eigenvalue weighted by Gasteiger charge is 2.21. The van der Waals surface area contributed by atoms with E-state index in [2.05, 4.69) is 16.8 Å². The van der Waals surface area contributed by atoms with Crippen molar-refractivity contribution in [1.82, 2.24) is 10.2 Å². The molecule has 3 nitrogen and oxygen atoms in total. The summed E-state index contributed by atoms with van der Waals surface area (Å²) < 4.78 is 0. The Kier molecular flexibility index (Phi) is 5.29. The van der Waals surface area contributed by atoms with Crippen LogP contribution in [-0.2, 0) is 4.79 Å². The van der Waals surface area contributed by atoms with Gasteiger partial charge in [-0.2, -0.15) is 0 Å². The third kappa shape index (κ3) is 4.54. The van der Waals surface area contributed by atoms with Crippen LogP contribution in [0, 0.1) is 5.92 Å². The Hall–Kier alpha value is -0.540. The van der Waals surface area contributed by atoms with Crippen molar-refractivity contribution in [1.29, 1.82) is 0 Å². The number of hydrogen-bond donors (Lipinski definition) is 1. The molecule has 1 rings (SSSR count). The zero-order valence-electron chi connectivity index (χ0n) is 10.1. The van der Waals surface area contributed by atoms with E-state index in [1.807, 2.05) is 13.8 Å². The van der Waals surface area contributed by atoms with E-state index in [9.17, 15) is 4.79 Å². The molecule has 1 fully saturated rings. The van der Waals surface area contributed by atoms with Gasteiger partial charge in [0.05, 0.1) is 0 Å². The number of nitrogens with one attached hydrogen (secondary N) is 1. The number of halogens is 1. The van der Waals surface area contributed by atoms with E-state index < -0.39 is 0 Å². The molecule has 0 atom stereocenters. The number of nitrogens with zero attached hydrogens (tertiary/aromatic N) is 1. The molecule has 1 N–H and O–H groups in total. The lowest BCUT2D eigenvalue weighted by molar-refractivity contribution is -0.125. The fraction of sp³-hybridized carbons (Fsp3) is 0.750. The van der Waals surface area contributed by atoms with Crippen molar-refractivity contribution in [3.05, 3.63) is 11.6 Å². The molecular formula is C12H21ClN2O. The van der Waals surface area contributed by atoms with Crippen LogP contribution in [0.4, 0.5) is 0 Å². The third-order valence-electron chi connectivity index (χ3n) is 2.85. The Morgan fingerprint density at radius 2 is 2.06 bits per heavy atom. The van der Waals surface area contributed by atoms with Gasteiger partial charge in [-0.15, -0.1) is 0 Å². The Bertz CT molecular complexity index is 258. The summed E-state index contributed by atoms with van der Waals surface area (Å²) in [6, 6.07) is 0.328. The van der Waals surface area contributed by atoms with E-state index in [0.29, 0.717) is 11.1 Å². The first-order chi connectivity index (χ1) is 7.49. The maximum absolute atomic E-state index is 11.5. The maximum atomic E-state index is 11.5. The lowest BCUT2D eigenvalue weighted by atomic mass is 10.0. The Balaban J connectivity index is 2.27. The highest BCUT2D eigenvalue weighted by molar-refractivity contribution is 6.29. The predicted molar refractivity (Wildman–Crippen MR) is 67.4 cm³/mol. The summed E-state index contributed by atoms with van der Waals surface area (Å²) in [4.78, 5) is 13.8. The normalized spacial score (nSPS) is 18.8. The van der Waals surface area contributed by atoms with Crippen LogP contribution in [0.2, 0.25) is 0 Å². The standard InChI is InChI=1S/C12H21ClN2O/c1-9(2)12(16)14-11-4-6-15(7-5-11)8-10(3)13/h9,11H,3-8H2,1-2H3,(H,14,16). The molecule has 1 saturated heterocycles. The van der Waals surface area contributed by atoms with Crippen LogP contribution in [0.5, 0.6) is 0 Å². The zero-order chi connectivity index (χ0) is 12.1. The Labute approximate surface area is 103 Å². The molecule has 4 heteroatoms. The summed E-state index contributed by atoms with van der Waals surface area (Å²) in [6.07, 6.45) is 2.01. The zero-order valence-corrected chi connectivity index (χ0v) is 10.9. The number of carbonyl (C=O) groups excluding carboxylic acids is 1. The summed E-state index contributed by atoms with van der Waals surface area (Å²) in [7, 11) is 0. The van der Waals surface area contributed by atoms with E-state index in [4.69, 9.17) is 11.6 Å². The van der Waals surface area contributed by atoms with Gasteiger partial charge < -0.3 is 5.32 Å². The molecule has 0 aliphatic carbocycles. The third-order valence-corrected chi connectivity index (χ3v) is 2.97. The van der Waals surface area contributed by atoms with Crippen LogP contribution in [0.1, 0.15) is 26.7 Å². The van der Waals surface area contributed by atoms with Crippen LogP contribution in [0.3, 0.4) is 0 Å². The fourth-order valence-electron chi connectivity index (χ4n) is 1.85. The smallest absolute Gasteiger partial charge is 0.222 e. The number of likely N-dealkylation sites (tertiary alicyclic amines) is 1. The molecule has 0 aromatic rings. The van der Waals surface area contributed by atoms with Gasteiger partial charge in [0.2, 0.25) is 5.91 Å². The van der Waals surface area contributed by atoms with Gasteiger partial charge in [0, 0.05) is 36.6 Å². The molecule has 92 valence electrons. The van der Waals surface area contributed by atoms with Crippen LogP contribution in [0.15, 0.2) is 11.6 Å². The minimum Gasteiger partial charge on any atom is -0.353 e. The van der Waals surface area contributed by atoms with Gasteiger partial charge in [-0.05, 0) is 12.8 Å². The molecule has 16 heavy (non-hydrogen) atoms. The van der Waals surface area contributed by atoms with Gasteiger partial charge in [0.1, 0.15) is 0 Å². The number of rotatable bonds is 4. The van der Waals surface area contributed by atoms with Crippen molar-refractivity contribution in [2.45, 2.75) is 32.7 Å². The molecular weight excluding hydrogens is 224 g/mol. The Morgan fingerprint density at radius 3 is 2.50 bits per heavy atom. The summed E-state index contributed by atoms with van der Waals surface area (Å²) >= 11 is 5.77. The van der Waals surface area contributed by atoms with E-state index >= 15 is 0 Å². The number of piperidine rings is 1. The SMILES string of the molecule is C=C(Cl)CN1CCC(NC(=O)C(C)C)CC1. The highest BCUT2D eigenvalue weighted by atomic mass is 35.5. The fourth-order valence-corrected chi connectivity index (χ4v) is 2.01. The summed E-state index contributed by atoms with van der Waals surface area (Å²) in [5.74, 6) is 0.223. The van der Waals surface area contributed by atoms with Crippen LogP contribution >= 0.6 is 11.6 Å². The topological polar surface area (TPSA) is 32.3 Å². The van der Waals surface area contributed by atoms with Crippen LogP contribution < -0.4 is 5.32 Å². The second-order valence-corrected chi connectivity index (χ2v) is 5.27. The monoisotopic (exact) mass is 244 g/mol. The molecule has 0 radical (unpaired) electrons. The van der Waals surface area contributed by atoms with Crippen molar-refractivity contribution in [2.75, 3.05) is 19.6 Å². The van der Waals surface area contributed by atoms with Gasteiger partial charge in [0.15, 0.2) is 0 Å². The number of carbonyl (C=O) groups is 1.